The number of nitrogens with two attached hydrogens (primary N) is 1. The molecule has 1 unspecified atom stereocenters. The van der Waals surface area contributed by atoms with Crippen molar-refractivity contribution in [2.45, 2.75) is 19.9 Å². The molecular weight excluding hydrogens is 362 g/mol. The van der Waals surface area contributed by atoms with Crippen LogP contribution in [0.4, 0.5) is 0 Å². The van der Waals surface area contributed by atoms with Crippen LogP contribution >= 0.6 is 43.2 Å². The van der Waals surface area contributed by atoms with Gasteiger partial charge in [-0.05, 0) is 52.5 Å². The number of rotatable bonds is 2. The molecule has 0 aliphatic carbocycles. The van der Waals surface area contributed by atoms with E-state index in [2.05, 4.69) is 63.9 Å². The molecule has 1 nitrogen and oxygen atoms in total. The molecule has 1 heterocycles. The number of thiophene rings is 1. The van der Waals surface area contributed by atoms with Gasteiger partial charge in [-0.3, -0.25) is 0 Å². The molecule has 2 rings (SSSR count). The molecule has 0 fully saturated rings. The molecule has 4 heteroatoms. The average Bonchev–Trinajstić information content (AvgIpc) is 2.61. The molecule has 1 aromatic heterocycles. The summed E-state index contributed by atoms with van der Waals surface area (Å²) in [6.07, 6.45) is 0. The van der Waals surface area contributed by atoms with Gasteiger partial charge in [0.25, 0.3) is 0 Å². The van der Waals surface area contributed by atoms with Crippen LogP contribution in [-0.2, 0) is 0 Å². The summed E-state index contributed by atoms with van der Waals surface area (Å²) in [7, 11) is 0. The van der Waals surface area contributed by atoms with Gasteiger partial charge in [-0.15, -0.1) is 11.3 Å². The van der Waals surface area contributed by atoms with Crippen LogP contribution in [0.25, 0.3) is 0 Å². The van der Waals surface area contributed by atoms with E-state index in [0.717, 1.165) is 13.8 Å². The summed E-state index contributed by atoms with van der Waals surface area (Å²) in [5.74, 6) is 0. The Labute approximate surface area is 122 Å². The minimum atomic E-state index is -0.0770. The summed E-state index contributed by atoms with van der Waals surface area (Å²) in [5, 5.41) is 0. The van der Waals surface area contributed by atoms with Crippen molar-refractivity contribution >= 4 is 43.2 Å². The fourth-order valence-corrected chi connectivity index (χ4v) is 4.11. The van der Waals surface area contributed by atoms with Crippen molar-refractivity contribution in [2.24, 2.45) is 5.73 Å². The first-order chi connectivity index (χ1) is 8.00. The minimum absolute atomic E-state index is 0.0770. The first-order valence-corrected chi connectivity index (χ1v) is 7.67. The number of hydrogen-bond donors (Lipinski definition) is 1. The van der Waals surface area contributed by atoms with E-state index in [1.807, 2.05) is 6.07 Å². The van der Waals surface area contributed by atoms with Crippen LogP contribution in [-0.4, -0.2) is 0 Å². The van der Waals surface area contributed by atoms with E-state index >= 15 is 0 Å². The highest BCUT2D eigenvalue weighted by molar-refractivity contribution is 9.11. The number of benzene rings is 1. The van der Waals surface area contributed by atoms with Crippen LogP contribution in [0, 0.1) is 13.8 Å². The summed E-state index contributed by atoms with van der Waals surface area (Å²) >= 11 is 8.85. The highest BCUT2D eigenvalue weighted by Crippen LogP contribution is 2.35. The van der Waals surface area contributed by atoms with E-state index in [4.69, 9.17) is 5.73 Å². The van der Waals surface area contributed by atoms with Crippen molar-refractivity contribution in [3.63, 3.8) is 0 Å². The van der Waals surface area contributed by atoms with Crippen molar-refractivity contribution in [3.05, 3.63) is 54.1 Å². The largest absolute Gasteiger partial charge is 0.320 e. The quantitative estimate of drug-likeness (QED) is 0.791. The first-order valence-electron chi connectivity index (χ1n) is 5.27. The van der Waals surface area contributed by atoms with Gasteiger partial charge in [0.15, 0.2) is 0 Å². The highest BCUT2D eigenvalue weighted by Gasteiger charge is 2.17. The fraction of sp³-hybridized carbons (Fsp3) is 0.231. The van der Waals surface area contributed by atoms with Gasteiger partial charge in [-0.1, -0.05) is 34.1 Å². The van der Waals surface area contributed by atoms with Gasteiger partial charge in [-0.2, -0.15) is 0 Å². The second kappa shape index (κ2) is 5.22. The molecule has 0 bridgehead atoms. The van der Waals surface area contributed by atoms with E-state index in [9.17, 15) is 0 Å². The maximum atomic E-state index is 6.36. The Morgan fingerprint density at radius 2 is 1.88 bits per heavy atom. The van der Waals surface area contributed by atoms with E-state index in [1.165, 1.54) is 16.0 Å². The summed E-state index contributed by atoms with van der Waals surface area (Å²) in [6, 6.07) is 8.24. The Morgan fingerprint density at radius 1 is 1.18 bits per heavy atom. The second-order valence-electron chi connectivity index (χ2n) is 4.02. The molecule has 90 valence electrons. The standard InChI is InChI=1S/C13H13Br2NS/c1-7-4-3-5-9(12(7)15)13(16)10-6-11(14)17-8(10)2/h3-6,13H,16H2,1-2H3. The molecule has 1 aromatic carbocycles. The zero-order valence-electron chi connectivity index (χ0n) is 9.63. The summed E-state index contributed by atoms with van der Waals surface area (Å²) in [6.45, 7) is 4.19. The lowest BCUT2D eigenvalue weighted by Crippen LogP contribution is -2.13. The minimum Gasteiger partial charge on any atom is -0.320 e. The highest BCUT2D eigenvalue weighted by atomic mass is 79.9. The monoisotopic (exact) mass is 373 g/mol. The van der Waals surface area contributed by atoms with Gasteiger partial charge in [0.2, 0.25) is 0 Å². The third-order valence-corrected chi connectivity index (χ3v) is 5.47. The maximum Gasteiger partial charge on any atom is 0.0704 e. The molecule has 0 saturated carbocycles. The van der Waals surface area contributed by atoms with E-state index in [-0.39, 0.29) is 6.04 Å². The van der Waals surface area contributed by atoms with Gasteiger partial charge < -0.3 is 5.73 Å². The summed E-state index contributed by atoms with van der Waals surface area (Å²) in [4.78, 5) is 1.26. The zero-order chi connectivity index (χ0) is 12.6. The maximum absolute atomic E-state index is 6.36. The molecule has 17 heavy (non-hydrogen) atoms. The normalized spacial score (nSPS) is 12.8. The van der Waals surface area contributed by atoms with Crippen molar-refractivity contribution < 1.29 is 0 Å². The average molecular weight is 375 g/mol. The Bertz CT molecular complexity index is 548. The molecule has 0 amide bonds. The smallest absolute Gasteiger partial charge is 0.0704 e. The lowest BCUT2D eigenvalue weighted by Gasteiger charge is -2.15. The van der Waals surface area contributed by atoms with E-state index in [0.29, 0.717) is 0 Å². The molecule has 2 N–H and O–H groups in total. The molecule has 1 atom stereocenters. The third-order valence-electron chi connectivity index (χ3n) is 2.82. The topological polar surface area (TPSA) is 26.0 Å². The zero-order valence-corrected chi connectivity index (χ0v) is 13.6. The lowest BCUT2D eigenvalue weighted by atomic mass is 9.99. The Morgan fingerprint density at radius 3 is 2.47 bits per heavy atom. The Balaban J connectivity index is 2.47. The molecular formula is C13H13Br2NS. The van der Waals surface area contributed by atoms with Crippen molar-refractivity contribution in [1.82, 2.24) is 0 Å². The van der Waals surface area contributed by atoms with Crippen LogP contribution in [0.2, 0.25) is 0 Å². The van der Waals surface area contributed by atoms with Crippen LogP contribution in [0.5, 0.6) is 0 Å². The van der Waals surface area contributed by atoms with Crippen molar-refractivity contribution in [2.75, 3.05) is 0 Å². The second-order valence-corrected chi connectivity index (χ2v) is 7.45. The first kappa shape index (κ1) is 13.3. The SMILES string of the molecule is Cc1cccc(C(N)c2cc(Br)sc2C)c1Br. The van der Waals surface area contributed by atoms with Gasteiger partial charge in [-0.25, -0.2) is 0 Å². The predicted molar refractivity (Wildman–Crippen MR) is 81.7 cm³/mol. The molecule has 0 saturated heterocycles. The van der Waals surface area contributed by atoms with Gasteiger partial charge in [0, 0.05) is 9.35 Å². The summed E-state index contributed by atoms with van der Waals surface area (Å²) in [5.41, 5.74) is 9.89. The van der Waals surface area contributed by atoms with Crippen LogP contribution in [0.15, 0.2) is 32.5 Å². The van der Waals surface area contributed by atoms with Crippen molar-refractivity contribution in [3.8, 4) is 0 Å². The van der Waals surface area contributed by atoms with Gasteiger partial charge in [0.1, 0.15) is 0 Å². The Hall–Kier alpha value is -0.160. The van der Waals surface area contributed by atoms with Gasteiger partial charge >= 0.3 is 0 Å². The number of hydrogen-bond acceptors (Lipinski definition) is 2. The number of halogens is 2. The fourth-order valence-electron chi connectivity index (χ4n) is 1.85. The van der Waals surface area contributed by atoms with E-state index in [1.54, 1.807) is 11.3 Å². The lowest BCUT2D eigenvalue weighted by molar-refractivity contribution is 0.861. The third kappa shape index (κ3) is 2.65. The van der Waals surface area contributed by atoms with E-state index < -0.39 is 0 Å². The van der Waals surface area contributed by atoms with Crippen molar-refractivity contribution in [1.29, 1.82) is 0 Å². The number of aryl methyl sites for hydroxylation is 2. The molecule has 0 radical (unpaired) electrons. The predicted octanol–water partition coefficient (Wildman–Crippen LogP) is 4.94. The van der Waals surface area contributed by atoms with Crippen LogP contribution in [0.3, 0.4) is 0 Å². The van der Waals surface area contributed by atoms with Gasteiger partial charge in [0.05, 0.1) is 9.83 Å². The van der Waals surface area contributed by atoms with Crippen LogP contribution in [0.1, 0.15) is 27.6 Å². The molecule has 0 aliphatic heterocycles. The molecule has 0 aliphatic rings. The molecule has 2 aromatic rings. The summed E-state index contributed by atoms with van der Waals surface area (Å²) < 4.78 is 2.23. The Kier molecular flexibility index (Phi) is 4.08. The molecule has 0 spiro atoms. The van der Waals surface area contributed by atoms with Crippen LogP contribution < -0.4 is 5.73 Å².